The van der Waals surface area contributed by atoms with Crippen LogP contribution in [0, 0.1) is 5.92 Å². The summed E-state index contributed by atoms with van der Waals surface area (Å²) in [7, 11) is 0. The molecular weight excluding hydrogens is 318 g/mol. The van der Waals surface area contributed by atoms with Crippen molar-refractivity contribution in [3.8, 4) is 0 Å². The zero-order valence-corrected chi connectivity index (χ0v) is 12.0. The van der Waals surface area contributed by atoms with E-state index in [0.29, 0.717) is 32.7 Å². The molecule has 0 aliphatic carbocycles. The monoisotopic (exact) mass is 335 g/mol. The molecule has 0 spiro atoms. The first-order chi connectivity index (χ1) is 9.01. The molecule has 0 bridgehead atoms. The van der Waals surface area contributed by atoms with Gasteiger partial charge in [0.15, 0.2) is 0 Å². The first-order valence-corrected chi connectivity index (χ1v) is 7.18. The van der Waals surface area contributed by atoms with Crippen LogP contribution >= 0.6 is 15.9 Å². The molecule has 3 atom stereocenters. The minimum Gasteiger partial charge on any atom is -0.396 e. The van der Waals surface area contributed by atoms with Crippen LogP contribution in [0.15, 0.2) is 0 Å². The topological polar surface area (TPSA) is 93.1 Å². The number of imide groups is 1. The molecule has 2 aliphatic heterocycles. The van der Waals surface area contributed by atoms with Gasteiger partial charge in [0, 0.05) is 45.2 Å². The molecule has 2 rings (SSSR count). The highest BCUT2D eigenvalue weighted by atomic mass is 79.9. The standard InChI is InChI=1S/C11H18BrN3O4/c12-8-4-15(11(19)13-10(8)18)2-1-14-3-7(6-16)9(17)5-14/h7-9,16-17H,1-6H2,(H,13,18,19)/t7-,8?,9?/m1/s1. The number of alkyl halides is 1. The van der Waals surface area contributed by atoms with Gasteiger partial charge in [0.05, 0.1) is 6.10 Å². The predicted molar refractivity (Wildman–Crippen MR) is 70.8 cm³/mol. The van der Waals surface area contributed by atoms with Gasteiger partial charge in [-0.25, -0.2) is 4.79 Å². The minimum absolute atomic E-state index is 0.0279. The minimum atomic E-state index is -0.509. The van der Waals surface area contributed by atoms with E-state index in [1.165, 1.54) is 0 Å². The van der Waals surface area contributed by atoms with Crippen molar-refractivity contribution in [1.82, 2.24) is 15.1 Å². The third-order valence-electron chi connectivity index (χ3n) is 3.59. The van der Waals surface area contributed by atoms with Crippen molar-refractivity contribution in [2.45, 2.75) is 10.9 Å². The zero-order chi connectivity index (χ0) is 14.0. The summed E-state index contributed by atoms with van der Waals surface area (Å²) in [5.41, 5.74) is 0. The number of carbonyl (C=O) groups excluding carboxylic acids is 2. The summed E-state index contributed by atoms with van der Waals surface area (Å²) in [4.78, 5) is 26.1. The Morgan fingerprint density at radius 1 is 1.26 bits per heavy atom. The molecule has 7 nitrogen and oxygen atoms in total. The first-order valence-electron chi connectivity index (χ1n) is 6.26. The van der Waals surface area contributed by atoms with Gasteiger partial charge >= 0.3 is 6.03 Å². The fourth-order valence-electron chi connectivity index (χ4n) is 2.38. The molecule has 0 aromatic carbocycles. The molecule has 2 saturated heterocycles. The Bertz CT molecular complexity index is 368. The van der Waals surface area contributed by atoms with Crippen LogP contribution in [0.4, 0.5) is 4.79 Å². The van der Waals surface area contributed by atoms with Crippen LogP contribution in [0.2, 0.25) is 0 Å². The number of hydrogen-bond donors (Lipinski definition) is 3. The predicted octanol–water partition coefficient (Wildman–Crippen LogP) is -1.41. The molecule has 2 heterocycles. The van der Waals surface area contributed by atoms with Crippen LogP contribution in [0.25, 0.3) is 0 Å². The number of nitrogens with zero attached hydrogens (tertiary/aromatic N) is 2. The molecule has 0 aromatic rings. The maximum absolute atomic E-state index is 11.6. The number of urea groups is 1. The smallest absolute Gasteiger partial charge is 0.324 e. The summed E-state index contributed by atoms with van der Waals surface area (Å²) in [6, 6.07) is -0.376. The van der Waals surface area contributed by atoms with Crippen molar-refractivity contribution in [3.63, 3.8) is 0 Å². The molecule has 0 saturated carbocycles. The van der Waals surface area contributed by atoms with Crippen LogP contribution < -0.4 is 5.32 Å². The van der Waals surface area contributed by atoms with Crippen molar-refractivity contribution in [1.29, 1.82) is 0 Å². The van der Waals surface area contributed by atoms with Crippen LogP contribution in [0.1, 0.15) is 0 Å². The second-order valence-electron chi connectivity index (χ2n) is 4.98. The third-order valence-corrected chi connectivity index (χ3v) is 4.29. The number of carbonyl (C=O) groups is 2. The van der Waals surface area contributed by atoms with E-state index in [0.717, 1.165) is 0 Å². The van der Waals surface area contributed by atoms with Gasteiger partial charge in [-0.1, -0.05) is 15.9 Å². The van der Waals surface area contributed by atoms with Gasteiger partial charge in [-0.2, -0.15) is 0 Å². The van der Waals surface area contributed by atoms with Crippen molar-refractivity contribution < 1.29 is 19.8 Å². The quantitative estimate of drug-likeness (QED) is 0.549. The van der Waals surface area contributed by atoms with Gasteiger partial charge in [-0.3, -0.25) is 15.0 Å². The van der Waals surface area contributed by atoms with E-state index in [2.05, 4.69) is 21.2 Å². The van der Waals surface area contributed by atoms with E-state index in [4.69, 9.17) is 5.11 Å². The van der Waals surface area contributed by atoms with Crippen LogP contribution in [-0.2, 0) is 4.79 Å². The SMILES string of the molecule is O=C1NC(=O)N(CCN2CC(O)[C@@H](CO)C2)CC1Br. The maximum Gasteiger partial charge on any atom is 0.324 e. The lowest BCUT2D eigenvalue weighted by atomic mass is 10.1. The Kier molecular flexibility index (Phi) is 4.77. The Hall–Kier alpha value is -0.700. The van der Waals surface area contributed by atoms with E-state index in [1.54, 1.807) is 4.90 Å². The zero-order valence-electron chi connectivity index (χ0n) is 10.5. The summed E-state index contributed by atoms with van der Waals surface area (Å²) >= 11 is 3.21. The summed E-state index contributed by atoms with van der Waals surface area (Å²) < 4.78 is 0. The van der Waals surface area contributed by atoms with Crippen molar-refractivity contribution >= 4 is 27.9 Å². The number of β-amino-alcohol motifs (C(OH)–C–C–N with tert-alkyl or cyclic N) is 1. The summed E-state index contributed by atoms with van der Waals surface area (Å²) in [6.45, 7) is 2.58. The number of aliphatic hydroxyl groups excluding tert-OH is 2. The highest BCUT2D eigenvalue weighted by Gasteiger charge is 2.33. The van der Waals surface area contributed by atoms with E-state index in [9.17, 15) is 14.7 Å². The highest BCUT2D eigenvalue weighted by Crippen LogP contribution is 2.16. The van der Waals surface area contributed by atoms with Gasteiger partial charge in [0.1, 0.15) is 4.83 Å². The molecule has 19 heavy (non-hydrogen) atoms. The van der Waals surface area contributed by atoms with Crippen molar-refractivity contribution in [3.05, 3.63) is 0 Å². The van der Waals surface area contributed by atoms with Gasteiger partial charge in [0.25, 0.3) is 0 Å². The normalized spacial score (nSPS) is 32.8. The van der Waals surface area contributed by atoms with Crippen molar-refractivity contribution in [2.75, 3.05) is 39.3 Å². The van der Waals surface area contributed by atoms with Gasteiger partial charge in [-0.15, -0.1) is 0 Å². The van der Waals surface area contributed by atoms with Gasteiger partial charge < -0.3 is 15.1 Å². The second kappa shape index (κ2) is 6.17. The van der Waals surface area contributed by atoms with Crippen LogP contribution in [0.5, 0.6) is 0 Å². The Labute approximate surface area is 119 Å². The lowest BCUT2D eigenvalue weighted by Crippen LogP contribution is -2.56. The second-order valence-corrected chi connectivity index (χ2v) is 6.08. The molecule has 3 amide bonds. The molecule has 108 valence electrons. The lowest BCUT2D eigenvalue weighted by molar-refractivity contribution is -0.120. The Morgan fingerprint density at radius 3 is 2.63 bits per heavy atom. The van der Waals surface area contributed by atoms with Crippen molar-refractivity contribution in [2.24, 2.45) is 5.92 Å². The summed E-state index contributed by atoms with van der Waals surface area (Å²) in [6.07, 6.45) is -0.509. The van der Waals surface area contributed by atoms with Gasteiger partial charge in [-0.05, 0) is 0 Å². The fourth-order valence-corrected chi connectivity index (χ4v) is 2.84. The molecule has 2 unspecified atom stereocenters. The first kappa shape index (κ1) is 14.7. The van der Waals surface area contributed by atoms with E-state index in [-0.39, 0.29) is 29.3 Å². The average molecular weight is 336 g/mol. The number of halogens is 1. The number of amides is 3. The lowest BCUT2D eigenvalue weighted by Gasteiger charge is -2.30. The number of aliphatic hydroxyl groups is 2. The number of rotatable bonds is 4. The number of nitrogens with one attached hydrogen (secondary N) is 1. The third kappa shape index (κ3) is 3.44. The van der Waals surface area contributed by atoms with E-state index >= 15 is 0 Å². The summed E-state index contributed by atoms with van der Waals surface area (Å²) in [5.74, 6) is -0.418. The largest absolute Gasteiger partial charge is 0.396 e. The average Bonchev–Trinajstić information content (AvgIpc) is 2.73. The van der Waals surface area contributed by atoms with E-state index < -0.39 is 6.10 Å². The summed E-state index contributed by atoms with van der Waals surface area (Å²) in [5, 5.41) is 21.0. The molecule has 3 N–H and O–H groups in total. The number of hydrogen-bond acceptors (Lipinski definition) is 5. The van der Waals surface area contributed by atoms with Crippen LogP contribution in [-0.4, -0.2) is 82.2 Å². The maximum atomic E-state index is 11.6. The molecular formula is C11H18BrN3O4. The van der Waals surface area contributed by atoms with Crippen LogP contribution in [0.3, 0.4) is 0 Å². The van der Waals surface area contributed by atoms with E-state index in [1.807, 2.05) is 4.90 Å². The van der Waals surface area contributed by atoms with Gasteiger partial charge in [0.2, 0.25) is 5.91 Å². The Morgan fingerprint density at radius 2 is 2.00 bits per heavy atom. The molecule has 2 fully saturated rings. The number of likely N-dealkylation sites (tertiary alicyclic amines) is 1. The highest BCUT2D eigenvalue weighted by molar-refractivity contribution is 9.10. The molecule has 8 heteroatoms. The fraction of sp³-hybridized carbons (Fsp3) is 0.818. The molecule has 2 aliphatic rings. The molecule has 0 radical (unpaired) electrons. The Balaban J connectivity index is 1.80. The molecule has 0 aromatic heterocycles.